The van der Waals surface area contributed by atoms with Crippen LogP contribution in [0.15, 0.2) is 30.3 Å². The third-order valence-corrected chi connectivity index (χ3v) is 3.29. The van der Waals surface area contributed by atoms with Gasteiger partial charge in [-0.3, -0.25) is 9.69 Å². The van der Waals surface area contributed by atoms with Gasteiger partial charge in [-0.1, -0.05) is 37.3 Å². The third kappa shape index (κ3) is 1.60. The first kappa shape index (κ1) is 11.6. The highest BCUT2D eigenvalue weighted by Crippen LogP contribution is 2.31. The number of hydrogen-bond donors (Lipinski definition) is 1. The Labute approximate surface area is 101 Å². The molecular weight excluding hydrogens is 216 g/mol. The maximum absolute atomic E-state index is 12.3. The number of likely N-dealkylation sites (N-methyl/N-ethyl adjacent to an activating group) is 1. The van der Waals surface area contributed by atoms with Crippen LogP contribution in [0.4, 0.5) is 4.79 Å². The molecular formula is C13H16N2O2. The second-order valence-corrected chi connectivity index (χ2v) is 4.10. The van der Waals surface area contributed by atoms with Gasteiger partial charge in [0.1, 0.15) is 5.54 Å². The fraction of sp³-hybridized carbons (Fsp3) is 0.385. The second-order valence-electron chi connectivity index (χ2n) is 4.10. The van der Waals surface area contributed by atoms with Gasteiger partial charge in [-0.05, 0) is 18.9 Å². The zero-order chi connectivity index (χ0) is 12.5. The molecule has 17 heavy (non-hydrogen) atoms. The summed E-state index contributed by atoms with van der Waals surface area (Å²) in [6, 6.07) is 9.10. The summed E-state index contributed by atoms with van der Waals surface area (Å²) in [6.45, 7) is 4.11. The molecule has 0 unspecified atom stereocenters. The molecule has 0 aliphatic carbocycles. The molecule has 0 spiro atoms. The molecule has 2 rings (SSSR count). The molecule has 1 aliphatic rings. The number of urea groups is 1. The summed E-state index contributed by atoms with van der Waals surface area (Å²) in [7, 11) is 0. The van der Waals surface area contributed by atoms with Crippen LogP contribution < -0.4 is 5.32 Å². The van der Waals surface area contributed by atoms with Gasteiger partial charge in [-0.15, -0.1) is 0 Å². The number of carbonyl (C=O) groups is 2. The van der Waals surface area contributed by atoms with Gasteiger partial charge in [0.25, 0.3) is 5.91 Å². The van der Waals surface area contributed by atoms with Crippen LogP contribution in [0.1, 0.15) is 25.8 Å². The SMILES string of the molecule is CCN1C(=O)N[C@](CC)(c2ccccc2)C1=O. The lowest BCUT2D eigenvalue weighted by Gasteiger charge is -2.25. The molecule has 1 fully saturated rings. The largest absolute Gasteiger partial charge is 0.325 e. The highest BCUT2D eigenvalue weighted by atomic mass is 16.2. The second kappa shape index (κ2) is 4.20. The van der Waals surface area contributed by atoms with E-state index < -0.39 is 5.54 Å². The van der Waals surface area contributed by atoms with E-state index in [0.29, 0.717) is 13.0 Å². The molecule has 1 N–H and O–H groups in total. The first-order valence-electron chi connectivity index (χ1n) is 5.85. The monoisotopic (exact) mass is 232 g/mol. The van der Waals surface area contributed by atoms with E-state index >= 15 is 0 Å². The first-order chi connectivity index (χ1) is 8.15. The van der Waals surface area contributed by atoms with Crippen LogP contribution in [-0.4, -0.2) is 23.4 Å². The van der Waals surface area contributed by atoms with E-state index in [1.807, 2.05) is 37.3 Å². The molecule has 1 saturated heterocycles. The summed E-state index contributed by atoms with van der Waals surface area (Å²) in [4.78, 5) is 25.4. The molecule has 3 amide bonds. The van der Waals surface area contributed by atoms with Crippen molar-refractivity contribution in [1.82, 2.24) is 10.2 Å². The fourth-order valence-corrected chi connectivity index (χ4v) is 2.28. The Morgan fingerprint density at radius 3 is 2.29 bits per heavy atom. The van der Waals surface area contributed by atoms with E-state index in [1.165, 1.54) is 4.90 Å². The predicted octanol–water partition coefficient (Wildman–Crippen LogP) is 1.86. The molecule has 0 saturated carbocycles. The summed E-state index contributed by atoms with van der Waals surface area (Å²) in [6.07, 6.45) is 0.554. The Morgan fingerprint density at radius 2 is 1.82 bits per heavy atom. The van der Waals surface area contributed by atoms with Crippen LogP contribution in [0.2, 0.25) is 0 Å². The van der Waals surface area contributed by atoms with Crippen molar-refractivity contribution >= 4 is 11.9 Å². The number of amides is 3. The van der Waals surface area contributed by atoms with Gasteiger partial charge >= 0.3 is 6.03 Å². The number of carbonyl (C=O) groups excluding carboxylic acids is 2. The van der Waals surface area contributed by atoms with Crippen molar-refractivity contribution in [2.45, 2.75) is 25.8 Å². The Kier molecular flexibility index (Phi) is 2.88. The molecule has 0 bridgehead atoms. The van der Waals surface area contributed by atoms with E-state index in [9.17, 15) is 9.59 Å². The van der Waals surface area contributed by atoms with Crippen LogP contribution in [0.5, 0.6) is 0 Å². The van der Waals surface area contributed by atoms with E-state index in [0.717, 1.165) is 5.56 Å². The standard InChI is InChI=1S/C13H16N2O2/c1-3-13(10-8-6-5-7-9-10)11(16)15(4-2)12(17)14-13/h5-9H,3-4H2,1-2H3,(H,14,17)/t13-/m1/s1. The summed E-state index contributed by atoms with van der Waals surface area (Å²) in [5.74, 6) is -0.154. The molecule has 1 aliphatic heterocycles. The van der Waals surface area contributed by atoms with E-state index in [1.54, 1.807) is 6.92 Å². The van der Waals surface area contributed by atoms with Gasteiger partial charge in [0.05, 0.1) is 0 Å². The summed E-state index contributed by atoms with van der Waals surface area (Å²) >= 11 is 0. The van der Waals surface area contributed by atoms with E-state index in [2.05, 4.69) is 5.32 Å². The van der Waals surface area contributed by atoms with Crippen LogP contribution >= 0.6 is 0 Å². The maximum Gasteiger partial charge on any atom is 0.325 e. The van der Waals surface area contributed by atoms with Gasteiger partial charge in [0.2, 0.25) is 0 Å². The Hall–Kier alpha value is -1.84. The molecule has 0 radical (unpaired) electrons. The number of nitrogens with one attached hydrogen (secondary N) is 1. The minimum absolute atomic E-state index is 0.154. The van der Waals surface area contributed by atoms with Crippen molar-refractivity contribution in [3.8, 4) is 0 Å². The third-order valence-electron chi connectivity index (χ3n) is 3.29. The Morgan fingerprint density at radius 1 is 1.18 bits per heavy atom. The van der Waals surface area contributed by atoms with Gasteiger partial charge in [-0.2, -0.15) is 0 Å². The van der Waals surface area contributed by atoms with Crippen molar-refractivity contribution in [3.05, 3.63) is 35.9 Å². The van der Waals surface area contributed by atoms with Crippen molar-refractivity contribution in [2.24, 2.45) is 0 Å². The minimum Gasteiger partial charge on any atom is -0.319 e. The molecule has 1 atom stereocenters. The minimum atomic E-state index is -0.881. The Bertz CT molecular complexity index is 444. The average Bonchev–Trinajstić information content (AvgIpc) is 2.62. The van der Waals surface area contributed by atoms with E-state index in [-0.39, 0.29) is 11.9 Å². The van der Waals surface area contributed by atoms with Crippen molar-refractivity contribution in [1.29, 1.82) is 0 Å². The highest BCUT2D eigenvalue weighted by molar-refractivity contribution is 6.07. The predicted molar refractivity (Wildman–Crippen MR) is 64.3 cm³/mol. The molecule has 1 aromatic rings. The van der Waals surface area contributed by atoms with Crippen LogP contribution in [0.3, 0.4) is 0 Å². The zero-order valence-corrected chi connectivity index (χ0v) is 10.1. The number of nitrogens with zero attached hydrogens (tertiary/aromatic N) is 1. The normalized spacial score (nSPS) is 24.0. The number of benzene rings is 1. The summed E-state index contributed by atoms with van der Waals surface area (Å²) in [5.41, 5.74) is -0.0363. The molecule has 0 aromatic heterocycles. The quantitative estimate of drug-likeness (QED) is 0.809. The molecule has 1 aromatic carbocycles. The first-order valence-corrected chi connectivity index (χ1v) is 5.85. The summed E-state index contributed by atoms with van der Waals surface area (Å²) in [5, 5.41) is 2.82. The lowest BCUT2D eigenvalue weighted by Crippen LogP contribution is -2.43. The average molecular weight is 232 g/mol. The van der Waals surface area contributed by atoms with Crippen molar-refractivity contribution in [2.75, 3.05) is 6.54 Å². The molecule has 4 nitrogen and oxygen atoms in total. The highest BCUT2D eigenvalue weighted by Gasteiger charge is 2.50. The molecule has 90 valence electrons. The molecule has 4 heteroatoms. The lowest BCUT2D eigenvalue weighted by molar-refractivity contribution is -0.131. The fourth-order valence-electron chi connectivity index (χ4n) is 2.28. The van der Waals surface area contributed by atoms with Gasteiger partial charge in [0.15, 0.2) is 0 Å². The van der Waals surface area contributed by atoms with Crippen molar-refractivity contribution in [3.63, 3.8) is 0 Å². The number of hydrogen-bond acceptors (Lipinski definition) is 2. The smallest absolute Gasteiger partial charge is 0.319 e. The van der Waals surface area contributed by atoms with Gasteiger partial charge in [0, 0.05) is 6.54 Å². The van der Waals surface area contributed by atoms with Crippen LogP contribution in [-0.2, 0) is 10.3 Å². The van der Waals surface area contributed by atoms with Gasteiger partial charge in [-0.25, -0.2) is 4.79 Å². The number of imide groups is 1. The molecule has 1 heterocycles. The van der Waals surface area contributed by atoms with E-state index in [4.69, 9.17) is 0 Å². The van der Waals surface area contributed by atoms with Crippen LogP contribution in [0, 0.1) is 0 Å². The Balaban J connectivity index is 2.47. The zero-order valence-electron chi connectivity index (χ0n) is 10.1. The maximum atomic E-state index is 12.3. The van der Waals surface area contributed by atoms with Gasteiger partial charge < -0.3 is 5.32 Å². The summed E-state index contributed by atoms with van der Waals surface area (Å²) < 4.78 is 0. The van der Waals surface area contributed by atoms with Crippen molar-refractivity contribution < 1.29 is 9.59 Å². The topological polar surface area (TPSA) is 49.4 Å². The number of rotatable bonds is 3. The van der Waals surface area contributed by atoms with Crippen LogP contribution in [0.25, 0.3) is 0 Å². The lowest BCUT2D eigenvalue weighted by atomic mass is 9.87.